The maximum absolute atomic E-state index is 9.71. The SMILES string of the molecule is N#Cc1nc(-c2cccs2)oc1N1CCC[C@@H](O)C1. The molecule has 1 N–H and O–H groups in total. The lowest BCUT2D eigenvalue weighted by Crippen LogP contribution is -2.38. The number of anilines is 1. The summed E-state index contributed by atoms with van der Waals surface area (Å²) in [6, 6.07) is 5.89. The highest BCUT2D eigenvalue weighted by Gasteiger charge is 2.25. The van der Waals surface area contributed by atoms with Crippen LogP contribution in [-0.4, -0.2) is 29.3 Å². The van der Waals surface area contributed by atoms with E-state index in [0.29, 0.717) is 18.3 Å². The first-order valence-electron chi connectivity index (χ1n) is 6.15. The molecule has 6 heteroatoms. The number of piperidine rings is 1. The molecule has 0 aromatic carbocycles. The van der Waals surface area contributed by atoms with Crippen molar-refractivity contribution in [3.05, 3.63) is 23.2 Å². The number of aliphatic hydroxyl groups is 1. The van der Waals surface area contributed by atoms with Crippen LogP contribution < -0.4 is 4.90 Å². The Balaban J connectivity index is 1.95. The van der Waals surface area contributed by atoms with Gasteiger partial charge in [0.2, 0.25) is 17.5 Å². The number of oxazole rings is 1. The molecule has 3 heterocycles. The summed E-state index contributed by atoms with van der Waals surface area (Å²) in [5.74, 6) is 0.950. The van der Waals surface area contributed by atoms with Gasteiger partial charge in [0, 0.05) is 13.1 Å². The molecular weight excluding hydrogens is 262 g/mol. The fourth-order valence-corrected chi connectivity index (χ4v) is 2.89. The third kappa shape index (κ3) is 2.35. The van der Waals surface area contributed by atoms with Crippen molar-refractivity contribution in [2.45, 2.75) is 18.9 Å². The molecule has 19 heavy (non-hydrogen) atoms. The van der Waals surface area contributed by atoms with Crippen molar-refractivity contribution in [3.8, 4) is 16.8 Å². The van der Waals surface area contributed by atoms with Crippen LogP contribution in [0.3, 0.4) is 0 Å². The fourth-order valence-electron chi connectivity index (χ4n) is 2.24. The Morgan fingerprint density at radius 2 is 2.47 bits per heavy atom. The molecule has 1 atom stereocenters. The second-order valence-corrected chi connectivity index (χ2v) is 5.45. The van der Waals surface area contributed by atoms with E-state index in [1.54, 1.807) is 0 Å². The first kappa shape index (κ1) is 12.2. The Hall–Kier alpha value is -1.84. The average molecular weight is 275 g/mol. The van der Waals surface area contributed by atoms with E-state index in [4.69, 9.17) is 9.68 Å². The number of β-amino-alcohol motifs (C(OH)–C–C–N with tert-alkyl or cyclic N) is 1. The van der Waals surface area contributed by atoms with Gasteiger partial charge in [-0.3, -0.25) is 0 Å². The van der Waals surface area contributed by atoms with Gasteiger partial charge in [0.15, 0.2) is 0 Å². The zero-order valence-electron chi connectivity index (χ0n) is 10.2. The average Bonchev–Trinajstić information content (AvgIpc) is 3.07. The van der Waals surface area contributed by atoms with Crippen LogP contribution in [0.15, 0.2) is 21.9 Å². The maximum Gasteiger partial charge on any atom is 0.240 e. The Kier molecular flexibility index (Phi) is 3.23. The summed E-state index contributed by atoms with van der Waals surface area (Å²) in [4.78, 5) is 7.03. The highest BCUT2D eigenvalue weighted by Crippen LogP contribution is 2.31. The molecule has 1 aliphatic rings. The molecule has 1 aliphatic heterocycles. The fraction of sp³-hybridized carbons (Fsp3) is 0.385. The smallest absolute Gasteiger partial charge is 0.240 e. The molecule has 0 bridgehead atoms. The topological polar surface area (TPSA) is 73.3 Å². The molecule has 0 spiro atoms. The Labute approximate surface area is 114 Å². The van der Waals surface area contributed by atoms with Crippen molar-refractivity contribution in [2.24, 2.45) is 0 Å². The van der Waals surface area contributed by atoms with Crippen LogP contribution in [-0.2, 0) is 0 Å². The van der Waals surface area contributed by atoms with Crippen molar-refractivity contribution in [1.82, 2.24) is 4.98 Å². The summed E-state index contributed by atoms with van der Waals surface area (Å²) in [5, 5.41) is 20.8. The van der Waals surface area contributed by atoms with Crippen molar-refractivity contribution in [3.63, 3.8) is 0 Å². The van der Waals surface area contributed by atoms with Gasteiger partial charge in [-0.25, -0.2) is 0 Å². The van der Waals surface area contributed by atoms with Crippen LogP contribution >= 0.6 is 11.3 Å². The summed E-state index contributed by atoms with van der Waals surface area (Å²) in [6.45, 7) is 1.28. The van der Waals surface area contributed by atoms with Gasteiger partial charge in [0.1, 0.15) is 6.07 Å². The Morgan fingerprint density at radius 1 is 1.58 bits per heavy atom. The number of nitrogens with zero attached hydrogens (tertiary/aromatic N) is 3. The zero-order valence-corrected chi connectivity index (χ0v) is 11.1. The molecule has 0 radical (unpaired) electrons. The van der Waals surface area contributed by atoms with Crippen molar-refractivity contribution < 1.29 is 9.52 Å². The van der Waals surface area contributed by atoms with Crippen molar-refractivity contribution >= 4 is 17.2 Å². The van der Waals surface area contributed by atoms with Gasteiger partial charge < -0.3 is 14.4 Å². The molecule has 1 saturated heterocycles. The van der Waals surface area contributed by atoms with E-state index in [-0.39, 0.29) is 11.8 Å². The summed E-state index contributed by atoms with van der Waals surface area (Å²) < 4.78 is 5.73. The van der Waals surface area contributed by atoms with Crippen LogP contribution in [0, 0.1) is 11.3 Å². The highest BCUT2D eigenvalue weighted by atomic mass is 32.1. The molecule has 0 saturated carbocycles. The molecule has 2 aromatic rings. The van der Waals surface area contributed by atoms with Gasteiger partial charge in [0.05, 0.1) is 11.0 Å². The number of hydrogen-bond acceptors (Lipinski definition) is 6. The molecule has 3 rings (SSSR count). The van der Waals surface area contributed by atoms with Gasteiger partial charge in [-0.05, 0) is 24.3 Å². The van der Waals surface area contributed by atoms with E-state index in [9.17, 15) is 5.11 Å². The lowest BCUT2D eigenvalue weighted by molar-refractivity contribution is 0.152. The third-order valence-electron chi connectivity index (χ3n) is 3.13. The van der Waals surface area contributed by atoms with Gasteiger partial charge in [-0.2, -0.15) is 10.2 Å². The minimum absolute atomic E-state index is 0.289. The second-order valence-electron chi connectivity index (χ2n) is 4.50. The van der Waals surface area contributed by atoms with E-state index in [0.717, 1.165) is 24.3 Å². The van der Waals surface area contributed by atoms with Crippen LogP contribution in [0.2, 0.25) is 0 Å². The number of aliphatic hydroxyl groups excluding tert-OH is 1. The number of nitriles is 1. The summed E-state index contributed by atoms with van der Waals surface area (Å²) in [7, 11) is 0. The van der Waals surface area contributed by atoms with Crippen LogP contribution in [0.1, 0.15) is 18.5 Å². The third-order valence-corrected chi connectivity index (χ3v) is 3.99. The standard InChI is InChI=1S/C13H13N3O2S/c14-7-10-13(16-5-1-3-9(17)8-16)18-12(15-10)11-4-2-6-19-11/h2,4,6,9,17H,1,3,5,8H2/t9-/m1/s1. The van der Waals surface area contributed by atoms with Crippen LogP contribution in [0.4, 0.5) is 5.88 Å². The Bertz CT molecular complexity index is 600. The molecule has 0 unspecified atom stereocenters. The first-order valence-corrected chi connectivity index (χ1v) is 7.03. The van der Waals surface area contributed by atoms with Crippen LogP contribution in [0.25, 0.3) is 10.8 Å². The van der Waals surface area contributed by atoms with E-state index in [1.165, 1.54) is 11.3 Å². The number of aromatic nitrogens is 1. The van der Waals surface area contributed by atoms with E-state index < -0.39 is 0 Å². The quantitative estimate of drug-likeness (QED) is 0.909. The molecule has 2 aromatic heterocycles. The van der Waals surface area contributed by atoms with E-state index in [1.807, 2.05) is 22.4 Å². The lowest BCUT2D eigenvalue weighted by Gasteiger charge is -2.29. The molecule has 0 amide bonds. The predicted molar refractivity (Wildman–Crippen MR) is 72.0 cm³/mol. The number of thiophene rings is 1. The molecule has 98 valence electrons. The molecule has 1 fully saturated rings. The monoisotopic (exact) mass is 275 g/mol. The van der Waals surface area contributed by atoms with Crippen molar-refractivity contribution in [1.29, 1.82) is 5.26 Å². The van der Waals surface area contributed by atoms with Gasteiger partial charge in [-0.15, -0.1) is 11.3 Å². The predicted octanol–water partition coefficient (Wildman–Crippen LogP) is 2.24. The first-order chi connectivity index (χ1) is 9.28. The van der Waals surface area contributed by atoms with Gasteiger partial charge in [0.25, 0.3) is 0 Å². The summed E-state index contributed by atoms with van der Waals surface area (Å²) in [5.41, 5.74) is 0.289. The molecular formula is C13H13N3O2S. The van der Waals surface area contributed by atoms with Crippen LogP contribution in [0.5, 0.6) is 0 Å². The highest BCUT2D eigenvalue weighted by molar-refractivity contribution is 7.13. The van der Waals surface area contributed by atoms with E-state index in [2.05, 4.69) is 11.1 Å². The normalized spacial score (nSPS) is 19.4. The molecule has 5 nitrogen and oxygen atoms in total. The minimum atomic E-state index is -0.365. The summed E-state index contributed by atoms with van der Waals surface area (Å²) in [6.07, 6.45) is 1.32. The zero-order chi connectivity index (χ0) is 13.2. The van der Waals surface area contributed by atoms with Gasteiger partial charge >= 0.3 is 0 Å². The second kappa shape index (κ2) is 5.03. The summed E-state index contributed by atoms with van der Waals surface area (Å²) >= 11 is 1.52. The maximum atomic E-state index is 9.71. The van der Waals surface area contributed by atoms with E-state index >= 15 is 0 Å². The molecule has 0 aliphatic carbocycles. The lowest BCUT2D eigenvalue weighted by atomic mass is 10.1. The number of hydrogen-bond donors (Lipinski definition) is 1. The minimum Gasteiger partial charge on any atom is -0.418 e. The van der Waals surface area contributed by atoms with Gasteiger partial charge in [-0.1, -0.05) is 6.07 Å². The Morgan fingerprint density at radius 3 is 3.16 bits per heavy atom. The van der Waals surface area contributed by atoms with Crippen molar-refractivity contribution in [2.75, 3.05) is 18.0 Å². The largest absolute Gasteiger partial charge is 0.418 e. The number of rotatable bonds is 2.